The Kier molecular flexibility index (Phi) is 10.3. The predicted molar refractivity (Wildman–Crippen MR) is 135 cm³/mol. The number of carbonyl (C=O) groups excluding carboxylic acids is 1. The molecule has 0 fully saturated rings. The Hall–Kier alpha value is -2.11. The second-order valence-electron chi connectivity index (χ2n) is 9.12. The number of benzene rings is 1. The minimum atomic E-state index is -0.468. The lowest BCUT2D eigenvalue weighted by Gasteiger charge is -2.28. The number of anilines is 1. The van der Waals surface area contributed by atoms with Crippen molar-refractivity contribution in [1.82, 2.24) is 0 Å². The topological polar surface area (TPSA) is 42.7 Å². The number of aldehydes is 1. The molecular formula is C26H39NO3Si. The average molecular weight is 442 g/mol. The van der Waals surface area contributed by atoms with Crippen LogP contribution in [-0.4, -0.2) is 35.7 Å². The van der Waals surface area contributed by atoms with Crippen LogP contribution in [0.15, 0.2) is 40.8 Å². The maximum atomic E-state index is 10.7. The van der Waals surface area contributed by atoms with Gasteiger partial charge in [-0.3, -0.25) is 4.79 Å². The second kappa shape index (κ2) is 12.7. The Morgan fingerprint density at radius 2 is 1.74 bits per heavy atom. The summed E-state index contributed by atoms with van der Waals surface area (Å²) in [4.78, 5) is 13.1. The first-order valence-electron chi connectivity index (χ1n) is 11.5. The van der Waals surface area contributed by atoms with E-state index in [1.54, 1.807) is 12.1 Å². The Balaban J connectivity index is 1.72. The second-order valence-corrected chi connectivity index (χ2v) is 11.6. The molecule has 2 rings (SSSR count). The van der Waals surface area contributed by atoms with Crippen molar-refractivity contribution in [2.24, 2.45) is 5.92 Å². The maximum Gasteiger partial charge on any atom is 0.185 e. The number of furan rings is 1. The molecular weight excluding hydrogens is 402 g/mol. The van der Waals surface area contributed by atoms with Gasteiger partial charge in [-0.2, -0.15) is 0 Å². The van der Waals surface area contributed by atoms with Crippen molar-refractivity contribution in [3.05, 3.63) is 53.5 Å². The van der Waals surface area contributed by atoms with Gasteiger partial charge in [-0.25, -0.2) is 0 Å². The summed E-state index contributed by atoms with van der Waals surface area (Å²) in [6.07, 6.45) is 8.14. The van der Waals surface area contributed by atoms with Crippen LogP contribution >= 0.6 is 0 Å². The molecule has 1 heterocycles. The van der Waals surface area contributed by atoms with Crippen molar-refractivity contribution in [1.29, 1.82) is 0 Å². The van der Waals surface area contributed by atoms with Gasteiger partial charge in [-0.15, -0.1) is 0 Å². The van der Waals surface area contributed by atoms with Gasteiger partial charge in [0.15, 0.2) is 21.8 Å². The molecule has 0 saturated heterocycles. The quantitative estimate of drug-likeness (QED) is 0.198. The van der Waals surface area contributed by atoms with Gasteiger partial charge < -0.3 is 13.7 Å². The zero-order chi connectivity index (χ0) is 22.7. The van der Waals surface area contributed by atoms with E-state index in [1.807, 2.05) is 12.2 Å². The summed E-state index contributed by atoms with van der Waals surface area (Å²) >= 11 is 0. The van der Waals surface area contributed by atoms with Crippen molar-refractivity contribution >= 4 is 33.9 Å². The summed E-state index contributed by atoms with van der Waals surface area (Å²) in [5.41, 5.74) is 2.36. The SMILES string of the molecule is CCN(CCCCCO[SiH2]C(C)(C)C(C)C)c1ccc(C=Cc2ccc(C=O)o2)cc1. The summed E-state index contributed by atoms with van der Waals surface area (Å²) in [5.74, 6) is 1.72. The zero-order valence-electron chi connectivity index (χ0n) is 19.9. The van der Waals surface area contributed by atoms with Gasteiger partial charge in [0.05, 0.1) is 0 Å². The van der Waals surface area contributed by atoms with Crippen LogP contribution in [0.3, 0.4) is 0 Å². The van der Waals surface area contributed by atoms with Gasteiger partial charge in [-0.1, -0.05) is 45.9 Å². The Labute approximate surface area is 190 Å². The number of rotatable bonds is 14. The molecule has 0 saturated carbocycles. The fraction of sp³-hybridized carbons (Fsp3) is 0.500. The molecule has 0 N–H and O–H groups in total. The fourth-order valence-electron chi connectivity index (χ4n) is 3.15. The van der Waals surface area contributed by atoms with Crippen LogP contribution < -0.4 is 4.90 Å². The maximum absolute atomic E-state index is 10.7. The van der Waals surface area contributed by atoms with Crippen molar-refractivity contribution in [3.8, 4) is 0 Å². The number of unbranched alkanes of at least 4 members (excludes halogenated alkanes) is 2. The highest BCUT2D eigenvalue weighted by atomic mass is 28.2. The van der Waals surface area contributed by atoms with Crippen LogP contribution in [0, 0.1) is 5.92 Å². The van der Waals surface area contributed by atoms with Crippen molar-refractivity contribution in [2.45, 2.75) is 58.9 Å². The Morgan fingerprint density at radius 3 is 2.35 bits per heavy atom. The van der Waals surface area contributed by atoms with E-state index >= 15 is 0 Å². The molecule has 4 nitrogen and oxygen atoms in total. The van der Waals surface area contributed by atoms with Crippen LogP contribution in [0.5, 0.6) is 0 Å². The summed E-state index contributed by atoms with van der Waals surface area (Å²) in [5, 5.41) is 0.386. The Morgan fingerprint density at radius 1 is 1.03 bits per heavy atom. The number of hydrogen-bond acceptors (Lipinski definition) is 4. The molecule has 0 aliphatic heterocycles. The largest absolute Gasteiger partial charge is 0.454 e. The van der Waals surface area contributed by atoms with E-state index in [1.165, 1.54) is 18.5 Å². The third kappa shape index (κ3) is 8.50. The highest BCUT2D eigenvalue weighted by Gasteiger charge is 2.23. The number of carbonyl (C=O) groups is 1. The molecule has 0 amide bonds. The highest BCUT2D eigenvalue weighted by Crippen LogP contribution is 2.32. The smallest absolute Gasteiger partial charge is 0.185 e. The number of nitrogens with zero attached hydrogens (tertiary/aromatic N) is 1. The lowest BCUT2D eigenvalue weighted by molar-refractivity contribution is 0.110. The molecule has 170 valence electrons. The van der Waals surface area contributed by atoms with Crippen LogP contribution in [0.1, 0.15) is 75.8 Å². The molecule has 0 radical (unpaired) electrons. The van der Waals surface area contributed by atoms with Crippen molar-refractivity contribution < 1.29 is 13.6 Å². The summed E-state index contributed by atoms with van der Waals surface area (Å²) in [7, 11) is -0.468. The third-order valence-corrected chi connectivity index (χ3v) is 8.15. The summed E-state index contributed by atoms with van der Waals surface area (Å²) in [6, 6.07) is 12.1. The zero-order valence-corrected chi connectivity index (χ0v) is 21.3. The van der Waals surface area contributed by atoms with Crippen molar-refractivity contribution in [2.75, 3.05) is 24.6 Å². The first-order valence-corrected chi connectivity index (χ1v) is 12.8. The lowest BCUT2D eigenvalue weighted by Crippen LogP contribution is -2.24. The van der Waals surface area contributed by atoms with Gasteiger partial charge in [0, 0.05) is 25.4 Å². The summed E-state index contributed by atoms with van der Waals surface area (Å²) < 4.78 is 11.4. The van der Waals surface area contributed by atoms with E-state index in [0.29, 0.717) is 28.8 Å². The predicted octanol–water partition coefficient (Wildman–Crippen LogP) is 6.21. The molecule has 0 aliphatic rings. The highest BCUT2D eigenvalue weighted by molar-refractivity contribution is 6.32. The van der Waals surface area contributed by atoms with E-state index in [4.69, 9.17) is 8.84 Å². The first kappa shape index (κ1) is 25.2. The lowest BCUT2D eigenvalue weighted by atomic mass is 9.99. The van der Waals surface area contributed by atoms with E-state index in [0.717, 1.165) is 31.7 Å². The minimum Gasteiger partial charge on any atom is -0.454 e. The molecule has 1 aromatic heterocycles. The molecule has 0 bridgehead atoms. The van der Waals surface area contributed by atoms with Crippen LogP contribution in [-0.2, 0) is 4.43 Å². The van der Waals surface area contributed by atoms with Crippen LogP contribution in [0.2, 0.25) is 5.04 Å². The normalized spacial score (nSPS) is 12.5. The summed E-state index contributed by atoms with van der Waals surface area (Å²) in [6.45, 7) is 14.5. The molecule has 31 heavy (non-hydrogen) atoms. The van der Waals surface area contributed by atoms with Gasteiger partial charge in [0.25, 0.3) is 0 Å². The third-order valence-electron chi connectivity index (χ3n) is 6.10. The molecule has 0 atom stereocenters. The average Bonchev–Trinajstić information content (AvgIpc) is 3.23. The van der Waals surface area contributed by atoms with Gasteiger partial charge >= 0.3 is 0 Å². The van der Waals surface area contributed by atoms with Crippen LogP contribution in [0.25, 0.3) is 12.2 Å². The first-order chi connectivity index (χ1) is 14.9. The molecule has 0 aliphatic carbocycles. The Bertz CT molecular complexity index is 808. The van der Waals surface area contributed by atoms with Gasteiger partial charge in [-0.05, 0) is 73.0 Å². The molecule has 0 spiro atoms. The molecule has 1 aromatic carbocycles. The van der Waals surface area contributed by atoms with E-state index in [-0.39, 0.29) is 0 Å². The fourth-order valence-corrected chi connectivity index (χ4v) is 4.36. The van der Waals surface area contributed by atoms with E-state index < -0.39 is 9.76 Å². The van der Waals surface area contributed by atoms with Gasteiger partial charge in [0.2, 0.25) is 0 Å². The van der Waals surface area contributed by atoms with E-state index in [9.17, 15) is 4.79 Å². The molecule has 2 aromatic rings. The van der Waals surface area contributed by atoms with Gasteiger partial charge in [0.1, 0.15) is 5.76 Å². The number of hydrogen-bond donors (Lipinski definition) is 0. The van der Waals surface area contributed by atoms with Crippen LogP contribution in [0.4, 0.5) is 5.69 Å². The van der Waals surface area contributed by atoms with Crippen molar-refractivity contribution in [3.63, 3.8) is 0 Å². The molecule has 5 heteroatoms. The minimum absolute atomic E-state index is 0.349. The molecule has 0 unspecified atom stereocenters. The monoisotopic (exact) mass is 441 g/mol. The standard InChI is InChI=1S/C26H39NO3Si/c1-6-27(18-8-7-9-19-29-31-26(4,5)21(2)3)23-13-10-22(11-14-23)12-15-24-16-17-25(20-28)30-24/h10-17,20-21H,6-9,18-19,31H2,1-5H3. The van der Waals surface area contributed by atoms with E-state index in [2.05, 4.69) is 63.8 Å².